The van der Waals surface area contributed by atoms with Crippen LogP contribution in [0.4, 0.5) is 0 Å². The predicted molar refractivity (Wildman–Crippen MR) is 52.0 cm³/mol. The summed E-state index contributed by atoms with van der Waals surface area (Å²) in [5.74, 6) is 0. The number of piperidine rings is 1. The van der Waals surface area contributed by atoms with E-state index in [1.807, 2.05) is 6.08 Å². The van der Waals surface area contributed by atoms with Crippen molar-refractivity contribution in [2.24, 2.45) is 5.73 Å². The molecule has 1 atom stereocenters. The van der Waals surface area contributed by atoms with Crippen LogP contribution in [0.2, 0.25) is 0 Å². The van der Waals surface area contributed by atoms with Crippen molar-refractivity contribution in [2.75, 3.05) is 19.7 Å². The summed E-state index contributed by atoms with van der Waals surface area (Å²) in [5.41, 5.74) is 7.17. The summed E-state index contributed by atoms with van der Waals surface area (Å²) in [7, 11) is 0. The molecule has 0 spiro atoms. The second-order valence-corrected chi connectivity index (χ2v) is 3.61. The quantitative estimate of drug-likeness (QED) is 0.649. The second kappa shape index (κ2) is 3.83. The number of rotatable bonds is 1. The zero-order valence-electron chi connectivity index (χ0n) is 7.78. The van der Waals surface area contributed by atoms with Crippen molar-refractivity contribution in [1.29, 1.82) is 0 Å². The molecule has 3 heteroatoms. The third-order valence-electron chi connectivity index (χ3n) is 2.55. The van der Waals surface area contributed by atoms with Gasteiger partial charge in [0.2, 0.25) is 0 Å². The molecule has 2 rings (SSSR count). The Hall–Kier alpha value is -0.960. The van der Waals surface area contributed by atoms with E-state index in [4.69, 9.17) is 10.5 Å². The van der Waals surface area contributed by atoms with Crippen LogP contribution in [0, 0.1) is 0 Å². The number of hydrogen-bond donors (Lipinski definition) is 1. The zero-order valence-corrected chi connectivity index (χ0v) is 7.78. The molecule has 2 N–H and O–H groups in total. The number of likely N-dealkylation sites (tertiary alicyclic amines) is 1. The average Bonchev–Trinajstić information content (AvgIpc) is 2.19. The van der Waals surface area contributed by atoms with E-state index in [0.717, 1.165) is 19.5 Å². The highest BCUT2D eigenvalue weighted by molar-refractivity contribution is 5.19. The Kier molecular flexibility index (Phi) is 2.54. The Morgan fingerprint density at radius 3 is 3.15 bits per heavy atom. The van der Waals surface area contributed by atoms with Crippen LogP contribution >= 0.6 is 0 Å². The van der Waals surface area contributed by atoms with Crippen LogP contribution in [0.5, 0.6) is 0 Å². The fourth-order valence-electron chi connectivity index (χ4n) is 1.85. The molecule has 0 aliphatic carbocycles. The van der Waals surface area contributed by atoms with Gasteiger partial charge in [0.1, 0.15) is 6.61 Å². The number of nitrogens with two attached hydrogens (primary N) is 1. The molecule has 0 radical (unpaired) electrons. The molecular formula is C10H16N2O. The fraction of sp³-hybridized carbons (Fsp3) is 0.600. The van der Waals surface area contributed by atoms with Crippen molar-refractivity contribution >= 4 is 0 Å². The maximum absolute atomic E-state index is 5.91. The Balaban J connectivity index is 1.99. The molecule has 2 heterocycles. The summed E-state index contributed by atoms with van der Waals surface area (Å²) in [5, 5.41) is 0. The first-order chi connectivity index (χ1) is 6.36. The molecule has 2 aliphatic rings. The van der Waals surface area contributed by atoms with Crippen molar-refractivity contribution in [1.82, 2.24) is 4.90 Å². The Morgan fingerprint density at radius 1 is 1.54 bits per heavy atom. The van der Waals surface area contributed by atoms with Crippen LogP contribution in [0.1, 0.15) is 12.8 Å². The van der Waals surface area contributed by atoms with Crippen molar-refractivity contribution in [3.8, 4) is 0 Å². The van der Waals surface area contributed by atoms with Gasteiger partial charge in [-0.3, -0.25) is 0 Å². The number of nitrogens with zero attached hydrogens (tertiary/aromatic N) is 1. The van der Waals surface area contributed by atoms with Gasteiger partial charge in [-0.15, -0.1) is 0 Å². The number of ether oxygens (including phenoxy) is 1. The van der Waals surface area contributed by atoms with E-state index in [9.17, 15) is 0 Å². The lowest BCUT2D eigenvalue weighted by Gasteiger charge is -2.33. The van der Waals surface area contributed by atoms with Crippen LogP contribution in [0.15, 0.2) is 24.1 Å². The lowest BCUT2D eigenvalue weighted by Crippen LogP contribution is -2.42. The molecule has 0 amide bonds. The van der Waals surface area contributed by atoms with Crippen molar-refractivity contribution in [2.45, 2.75) is 18.9 Å². The summed E-state index contributed by atoms with van der Waals surface area (Å²) in [6, 6.07) is 0.339. The first kappa shape index (κ1) is 8.63. The molecule has 0 bridgehead atoms. The van der Waals surface area contributed by atoms with Crippen LogP contribution in [0.25, 0.3) is 0 Å². The molecule has 0 aromatic carbocycles. The molecular weight excluding hydrogens is 164 g/mol. The summed E-state index contributed by atoms with van der Waals surface area (Å²) >= 11 is 0. The third kappa shape index (κ3) is 2.04. The van der Waals surface area contributed by atoms with E-state index in [1.54, 1.807) is 6.26 Å². The van der Waals surface area contributed by atoms with Gasteiger partial charge < -0.3 is 15.4 Å². The third-order valence-corrected chi connectivity index (χ3v) is 2.55. The summed E-state index contributed by atoms with van der Waals surface area (Å²) < 4.78 is 5.10. The van der Waals surface area contributed by atoms with Crippen molar-refractivity contribution in [3.63, 3.8) is 0 Å². The van der Waals surface area contributed by atoms with Gasteiger partial charge in [-0.05, 0) is 25.0 Å². The molecule has 13 heavy (non-hydrogen) atoms. The van der Waals surface area contributed by atoms with Gasteiger partial charge in [0.15, 0.2) is 0 Å². The smallest absolute Gasteiger partial charge is 0.108 e. The van der Waals surface area contributed by atoms with Crippen molar-refractivity contribution in [3.05, 3.63) is 24.1 Å². The topological polar surface area (TPSA) is 38.5 Å². The molecule has 0 saturated carbocycles. The Labute approximate surface area is 78.8 Å². The average molecular weight is 180 g/mol. The molecule has 0 aromatic rings. The minimum absolute atomic E-state index is 0.339. The monoisotopic (exact) mass is 180 g/mol. The van der Waals surface area contributed by atoms with Gasteiger partial charge in [-0.2, -0.15) is 0 Å². The molecule has 1 fully saturated rings. The van der Waals surface area contributed by atoms with E-state index in [1.165, 1.54) is 12.1 Å². The lowest BCUT2D eigenvalue weighted by atomic mass is 10.1. The summed E-state index contributed by atoms with van der Waals surface area (Å²) in [6.07, 6.45) is 8.24. The van der Waals surface area contributed by atoms with Gasteiger partial charge >= 0.3 is 0 Å². The highest BCUT2D eigenvalue weighted by Gasteiger charge is 2.17. The standard InChI is InChI=1S/C10H16N2O/c11-9-2-1-5-12(8-9)10-3-6-13-7-4-10/h3-4,6,9H,1-2,5,7-8,11H2/t9-/m1/s1. The Bertz CT molecular complexity index is 235. The molecule has 2 aliphatic heterocycles. The Morgan fingerprint density at radius 2 is 2.46 bits per heavy atom. The van der Waals surface area contributed by atoms with E-state index in [0.29, 0.717) is 12.6 Å². The predicted octanol–water partition coefficient (Wildman–Crippen LogP) is 0.837. The molecule has 1 saturated heterocycles. The molecule has 3 nitrogen and oxygen atoms in total. The maximum atomic E-state index is 5.91. The first-order valence-electron chi connectivity index (χ1n) is 4.85. The van der Waals surface area contributed by atoms with Gasteiger partial charge in [0.25, 0.3) is 0 Å². The van der Waals surface area contributed by atoms with Gasteiger partial charge in [0, 0.05) is 24.8 Å². The first-order valence-corrected chi connectivity index (χ1v) is 4.85. The molecule has 0 unspecified atom stereocenters. The van der Waals surface area contributed by atoms with Crippen LogP contribution in [-0.2, 0) is 4.74 Å². The van der Waals surface area contributed by atoms with Crippen LogP contribution < -0.4 is 5.73 Å². The SMILES string of the molecule is N[C@@H]1CCCN(C2=CCOC=C2)C1. The summed E-state index contributed by atoms with van der Waals surface area (Å²) in [6.45, 7) is 2.80. The van der Waals surface area contributed by atoms with Gasteiger partial charge in [-0.25, -0.2) is 0 Å². The normalized spacial score (nSPS) is 28.2. The molecule has 0 aromatic heterocycles. The highest BCUT2D eigenvalue weighted by Crippen LogP contribution is 2.16. The number of allylic oxidation sites excluding steroid dienone is 1. The van der Waals surface area contributed by atoms with E-state index >= 15 is 0 Å². The van der Waals surface area contributed by atoms with Gasteiger partial charge in [-0.1, -0.05) is 0 Å². The highest BCUT2D eigenvalue weighted by atomic mass is 16.5. The van der Waals surface area contributed by atoms with E-state index < -0.39 is 0 Å². The summed E-state index contributed by atoms with van der Waals surface area (Å²) in [4.78, 5) is 2.34. The number of hydrogen-bond acceptors (Lipinski definition) is 3. The van der Waals surface area contributed by atoms with Crippen LogP contribution in [-0.4, -0.2) is 30.6 Å². The lowest BCUT2D eigenvalue weighted by molar-refractivity contribution is 0.243. The molecule has 72 valence electrons. The largest absolute Gasteiger partial charge is 0.497 e. The maximum Gasteiger partial charge on any atom is 0.108 e. The minimum Gasteiger partial charge on any atom is -0.497 e. The van der Waals surface area contributed by atoms with Gasteiger partial charge in [0.05, 0.1) is 6.26 Å². The van der Waals surface area contributed by atoms with E-state index in [-0.39, 0.29) is 0 Å². The second-order valence-electron chi connectivity index (χ2n) is 3.61. The van der Waals surface area contributed by atoms with Crippen LogP contribution in [0.3, 0.4) is 0 Å². The van der Waals surface area contributed by atoms with E-state index in [2.05, 4.69) is 11.0 Å². The van der Waals surface area contributed by atoms with Crippen molar-refractivity contribution < 1.29 is 4.74 Å². The zero-order chi connectivity index (χ0) is 9.10. The fourth-order valence-corrected chi connectivity index (χ4v) is 1.85. The minimum atomic E-state index is 0.339.